The molecule has 2 aromatic carbocycles. The van der Waals surface area contributed by atoms with Crippen molar-refractivity contribution in [2.75, 3.05) is 19.3 Å². The van der Waals surface area contributed by atoms with Gasteiger partial charge < -0.3 is 10.5 Å². The second kappa shape index (κ2) is 7.49. The van der Waals surface area contributed by atoms with Crippen LogP contribution in [-0.2, 0) is 4.74 Å². The van der Waals surface area contributed by atoms with Gasteiger partial charge in [0.15, 0.2) is 12.0 Å². The molecule has 1 saturated heterocycles. The zero-order chi connectivity index (χ0) is 17.8. The van der Waals surface area contributed by atoms with Crippen LogP contribution in [0.2, 0.25) is 0 Å². The number of likely N-dealkylation sites (tertiary alicyclic amines) is 1. The highest BCUT2D eigenvalue weighted by atomic mass is 16.6. The Kier molecular flexibility index (Phi) is 5.14. The first-order valence-electron chi connectivity index (χ1n) is 8.42. The van der Waals surface area contributed by atoms with Crippen molar-refractivity contribution in [3.8, 4) is 0 Å². The maximum atomic E-state index is 12.9. The number of rotatable bonds is 4. The molecule has 5 nitrogen and oxygen atoms in total. The van der Waals surface area contributed by atoms with Gasteiger partial charge in [0.05, 0.1) is 11.5 Å². The first-order chi connectivity index (χ1) is 12.1. The number of nitrogen functional groups attached to an aromatic ring is 1. The second-order valence-electron chi connectivity index (χ2n) is 6.38. The summed E-state index contributed by atoms with van der Waals surface area (Å²) in [4.78, 5) is 27.3. The van der Waals surface area contributed by atoms with E-state index in [0.717, 1.165) is 13.0 Å². The molecular formula is C20H22N2O3. The quantitative estimate of drug-likeness (QED) is 0.527. The van der Waals surface area contributed by atoms with E-state index in [1.165, 1.54) is 0 Å². The van der Waals surface area contributed by atoms with E-state index in [-0.39, 0.29) is 11.7 Å². The fourth-order valence-corrected chi connectivity index (χ4v) is 3.18. The summed E-state index contributed by atoms with van der Waals surface area (Å²) in [6.45, 7) is 0.790. The fraction of sp³-hybridized carbons (Fsp3) is 0.300. The molecule has 5 heteroatoms. The summed E-state index contributed by atoms with van der Waals surface area (Å²) in [7, 11) is 1.88. The van der Waals surface area contributed by atoms with E-state index in [9.17, 15) is 9.59 Å². The van der Waals surface area contributed by atoms with Crippen molar-refractivity contribution < 1.29 is 14.3 Å². The van der Waals surface area contributed by atoms with Crippen LogP contribution in [0.15, 0.2) is 54.6 Å². The molecule has 1 aliphatic rings. The lowest BCUT2D eigenvalue weighted by atomic mass is 9.88. The van der Waals surface area contributed by atoms with Crippen LogP contribution in [0, 0.1) is 5.92 Å². The maximum absolute atomic E-state index is 12.9. The van der Waals surface area contributed by atoms with E-state index in [1.807, 2.05) is 30.1 Å². The SMILES string of the molecule is CN1CCCC(C(=O)c2ccccc2)C1OC(=O)c1ccc(N)cc1. The third-order valence-electron chi connectivity index (χ3n) is 4.57. The maximum Gasteiger partial charge on any atom is 0.339 e. The van der Waals surface area contributed by atoms with Gasteiger partial charge in [-0.3, -0.25) is 9.69 Å². The number of hydrogen-bond donors (Lipinski definition) is 1. The van der Waals surface area contributed by atoms with Gasteiger partial charge in [-0.2, -0.15) is 0 Å². The molecule has 25 heavy (non-hydrogen) atoms. The Labute approximate surface area is 147 Å². The van der Waals surface area contributed by atoms with E-state index >= 15 is 0 Å². The smallest absolute Gasteiger partial charge is 0.339 e. The van der Waals surface area contributed by atoms with Gasteiger partial charge in [-0.25, -0.2) is 4.79 Å². The minimum absolute atomic E-state index is 0.0160. The Morgan fingerprint density at radius 1 is 1.04 bits per heavy atom. The molecule has 2 N–H and O–H groups in total. The molecule has 2 unspecified atom stereocenters. The number of anilines is 1. The monoisotopic (exact) mass is 338 g/mol. The van der Waals surface area contributed by atoms with Gasteiger partial charge in [-0.05, 0) is 44.2 Å². The van der Waals surface area contributed by atoms with Crippen LogP contribution in [-0.4, -0.2) is 36.5 Å². The Balaban J connectivity index is 1.79. The van der Waals surface area contributed by atoms with Gasteiger partial charge in [-0.1, -0.05) is 30.3 Å². The Morgan fingerprint density at radius 3 is 2.40 bits per heavy atom. The number of Topliss-reactive ketones (excluding diaryl/α,β-unsaturated/α-hetero) is 1. The lowest BCUT2D eigenvalue weighted by Gasteiger charge is -2.37. The minimum atomic E-state index is -0.563. The van der Waals surface area contributed by atoms with Crippen LogP contribution in [0.1, 0.15) is 33.6 Å². The molecule has 0 spiro atoms. The molecule has 3 rings (SSSR count). The molecule has 1 aliphatic heterocycles. The van der Waals surface area contributed by atoms with Gasteiger partial charge in [0.1, 0.15) is 0 Å². The second-order valence-corrected chi connectivity index (χ2v) is 6.38. The fourth-order valence-electron chi connectivity index (χ4n) is 3.18. The Hall–Kier alpha value is -2.66. The van der Waals surface area contributed by atoms with Crippen molar-refractivity contribution >= 4 is 17.4 Å². The molecule has 1 fully saturated rings. The number of ketones is 1. The number of ether oxygens (including phenoxy) is 1. The molecule has 2 atom stereocenters. The predicted molar refractivity (Wildman–Crippen MR) is 96.2 cm³/mol. The van der Waals surface area contributed by atoms with Gasteiger partial charge in [-0.15, -0.1) is 0 Å². The summed E-state index contributed by atoms with van der Waals surface area (Å²) in [5.74, 6) is -0.786. The summed E-state index contributed by atoms with van der Waals surface area (Å²) in [6, 6.07) is 15.8. The average molecular weight is 338 g/mol. The predicted octanol–water partition coefficient (Wildman–Crippen LogP) is 2.98. The zero-order valence-corrected chi connectivity index (χ0v) is 14.2. The number of nitrogens with two attached hydrogens (primary N) is 1. The molecule has 0 aliphatic carbocycles. The number of hydrogen-bond acceptors (Lipinski definition) is 5. The first-order valence-corrected chi connectivity index (χ1v) is 8.42. The van der Waals surface area contributed by atoms with E-state index in [4.69, 9.17) is 10.5 Å². The van der Waals surface area contributed by atoms with Crippen LogP contribution in [0.4, 0.5) is 5.69 Å². The van der Waals surface area contributed by atoms with Crippen molar-refractivity contribution in [3.63, 3.8) is 0 Å². The van der Waals surface area contributed by atoms with Gasteiger partial charge in [0.2, 0.25) is 0 Å². The van der Waals surface area contributed by atoms with Crippen LogP contribution in [0.5, 0.6) is 0 Å². The largest absolute Gasteiger partial charge is 0.442 e. The van der Waals surface area contributed by atoms with Crippen LogP contribution in [0.25, 0.3) is 0 Å². The number of piperidine rings is 1. The Morgan fingerprint density at radius 2 is 1.72 bits per heavy atom. The summed E-state index contributed by atoms with van der Waals surface area (Å²) in [6.07, 6.45) is 1.04. The zero-order valence-electron chi connectivity index (χ0n) is 14.2. The normalized spacial score (nSPS) is 20.8. The summed E-state index contributed by atoms with van der Waals surface area (Å²) >= 11 is 0. The molecule has 0 aromatic heterocycles. The van der Waals surface area contributed by atoms with Crippen molar-refractivity contribution in [1.29, 1.82) is 0 Å². The molecule has 0 amide bonds. The summed E-state index contributed by atoms with van der Waals surface area (Å²) in [5, 5.41) is 0. The van der Waals surface area contributed by atoms with Crippen molar-refractivity contribution in [3.05, 3.63) is 65.7 Å². The van der Waals surface area contributed by atoms with Gasteiger partial charge in [0, 0.05) is 17.8 Å². The highest BCUT2D eigenvalue weighted by molar-refractivity contribution is 5.98. The van der Waals surface area contributed by atoms with E-state index in [1.54, 1.807) is 36.4 Å². The molecule has 0 radical (unpaired) electrons. The topological polar surface area (TPSA) is 72.6 Å². The van der Waals surface area contributed by atoms with Crippen LogP contribution in [0.3, 0.4) is 0 Å². The van der Waals surface area contributed by atoms with E-state index in [2.05, 4.69) is 0 Å². The minimum Gasteiger partial charge on any atom is -0.442 e. The lowest BCUT2D eigenvalue weighted by molar-refractivity contribution is -0.0619. The Bertz CT molecular complexity index is 743. The summed E-state index contributed by atoms with van der Waals surface area (Å²) in [5.41, 5.74) is 7.32. The van der Waals surface area contributed by atoms with Crippen LogP contribution >= 0.6 is 0 Å². The molecule has 0 saturated carbocycles. The van der Waals surface area contributed by atoms with E-state index < -0.39 is 12.2 Å². The van der Waals surface area contributed by atoms with Crippen molar-refractivity contribution in [2.24, 2.45) is 5.92 Å². The third kappa shape index (κ3) is 3.88. The molecular weight excluding hydrogens is 316 g/mol. The number of carbonyl (C=O) groups is 2. The number of esters is 1. The number of carbonyl (C=O) groups excluding carboxylic acids is 2. The molecule has 2 aromatic rings. The van der Waals surface area contributed by atoms with E-state index in [0.29, 0.717) is 23.2 Å². The number of benzene rings is 2. The van der Waals surface area contributed by atoms with Crippen LogP contribution < -0.4 is 5.73 Å². The lowest BCUT2D eigenvalue weighted by Crippen LogP contribution is -2.48. The number of nitrogens with zero attached hydrogens (tertiary/aromatic N) is 1. The van der Waals surface area contributed by atoms with Gasteiger partial charge >= 0.3 is 5.97 Å². The standard InChI is InChI=1S/C20H22N2O3/c1-22-13-5-8-17(18(23)14-6-3-2-4-7-14)19(22)25-20(24)15-9-11-16(21)12-10-15/h2-4,6-7,9-12,17,19H,5,8,13,21H2,1H3. The molecule has 130 valence electrons. The van der Waals surface area contributed by atoms with Crippen molar-refractivity contribution in [2.45, 2.75) is 19.1 Å². The third-order valence-corrected chi connectivity index (χ3v) is 4.57. The average Bonchev–Trinajstić information content (AvgIpc) is 2.64. The molecule has 0 bridgehead atoms. The summed E-state index contributed by atoms with van der Waals surface area (Å²) < 4.78 is 5.71. The van der Waals surface area contributed by atoms with Gasteiger partial charge in [0.25, 0.3) is 0 Å². The van der Waals surface area contributed by atoms with Crippen molar-refractivity contribution in [1.82, 2.24) is 4.90 Å². The highest BCUT2D eigenvalue weighted by Crippen LogP contribution is 2.28. The molecule has 1 heterocycles. The first kappa shape index (κ1) is 17.2. The highest BCUT2D eigenvalue weighted by Gasteiger charge is 2.37.